The topological polar surface area (TPSA) is 50.8 Å². The average molecular weight is 231 g/mol. The Morgan fingerprint density at radius 3 is 3.12 bits per heavy atom. The van der Waals surface area contributed by atoms with Crippen molar-refractivity contribution in [2.45, 2.75) is 18.9 Å². The van der Waals surface area contributed by atoms with Gasteiger partial charge in [-0.15, -0.1) is 0 Å². The first kappa shape index (κ1) is 10.4. The molecule has 0 aromatic heterocycles. The molecule has 2 aliphatic heterocycles. The van der Waals surface area contributed by atoms with Crippen molar-refractivity contribution in [1.82, 2.24) is 0 Å². The Hall–Kier alpha value is -1.71. The van der Waals surface area contributed by atoms with E-state index in [2.05, 4.69) is 34.2 Å². The second-order valence-corrected chi connectivity index (χ2v) is 4.61. The summed E-state index contributed by atoms with van der Waals surface area (Å²) in [6.07, 6.45) is 2.39. The summed E-state index contributed by atoms with van der Waals surface area (Å²) < 4.78 is 5.20. The smallest absolute Gasteiger partial charge is 0.282 e. The highest BCUT2D eigenvalue weighted by atomic mass is 16.5. The molecule has 90 valence electrons. The Bertz CT molecular complexity index is 444. The van der Waals surface area contributed by atoms with Crippen LogP contribution in [-0.4, -0.2) is 31.8 Å². The standard InChI is InChI=1S/C13H17N3O/c14-13-15-11(9-17-13)8-16-7-3-5-10-4-1-2-6-12(10)16/h1-2,4,6,11H,3,5,7-9H2,(H2,14,15). The van der Waals surface area contributed by atoms with E-state index in [4.69, 9.17) is 10.5 Å². The maximum absolute atomic E-state index is 5.53. The molecule has 4 heteroatoms. The fourth-order valence-corrected chi connectivity index (χ4v) is 2.59. The summed E-state index contributed by atoms with van der Waals surface area (Å²) >= 11 is 0. The van der Waals surface area contributed by atoms with E-state index in [1.54, 1.807) is 0 Å². The molecule has 3 rings (SSSR count). The summed E-state index contributed by atoms with van der Waals surface area (Å²) in [6, 6.07) is 9.13. The Morgan fingerprint density at radius 1 is 1.41 bits per heavy atom. The molecule has 1 atom stereocenters. The number of nitrogens with two attached hydrogens (primary N) is 1. The summed E-state index contributed by atoms with van der Waals surface area (Å²) in [7, 11) is 0. The first-order valence-electron chi connectivity index (χ1n) is 6.12. The summed E-state index contributed by atoms with van der Waals surface area (Å²) in [5, 5.41) is 0. The molecule has 0 saturated carbocycles. The minimum atomic E-state index is 0.182. The van der Waals surface area contributed by atoms with E-state index in [1.807, 2.05) is 0 Å². The summed E-state index contributed by atoms with van der Waals surface area (Å²) in [5.41, 5.74) is 8.32. The lowest BCUT2D eigenvalue weighted by Crippen LogP contribution is -2.36. The zero-order valence-corrected chi connectivity index (χ0v) is 9.80. The van der Waals surface area contributed by atoms with Gasteiger partial charge in [-0.25, -0.2) is 4.99 Å². The first-order chi connectivity index (χ1) is 8.33. The number of fused-ring (bicyclic) bond motifs is 1. The fourth-order valence-electron chi connectivity index (χ4n) is 2.59. The molecular weight excluding hydrogens is 214 g/mol. The number of aryl methyl sites for hydroxylation is 1. The van der Waals surface area contributed by atoms with Crippen LogP contribution in [0.1, 0.15) is 12.0 Å². The maximum Gasteiger partial charge on any atom is 0.282 e. The third kappa shape index (κ3) is 2.07. The van der Waals surface area contributed by atoms with E-state index >= 15 is 0 Å². The molecule has 4 nitrogen and oxygen atoms in total. The van der Waals surface area contributed by atoms with Crippen molar-refractivity contribution < 1.29 is 4.74 Å². The molecule has 17 heavy (non-hydrogen) atoms. The van der Waals surface area contributed by atoms with Crippen LogP contribution in [0.25, 0.3) is 0 Å². The summed E-state index contributed by atoms with van der Waals surface area (Å²) in [5.74, 6) is 0. The van der Waals surface area contributed by atoms with E-state index in [1.165, 1.54) is 24.1 Å². The fraction of sp³-hybridized carbons (Fsp3) is 0.462. The number of aliphatic imine (C=N–C) groups is 1. The molecule has 0 amide bonds. The van der Waals surface area contributed by atoms with Gasteiger partial charge in [0.2, 0.25) is 0 Å². The number of hydrogen-bond acceptors (Lipinski definition) is 4. The van der Waals surface area contributed by atoms with E-state index < -0.39 is 0 Å². The van der Waals surface area contributed by atoms with Crippen LogP contribution in [-0.2, 0) is 11.2 Å². The predicted octanol–water partition coefficient (Wildman–Crippen LogP) is 1.15. The van der Waals surface area contributed by atoms with Gasteiger partial charge in [-0.05, 0) is 24.5 Å². The van der Waals surface area contributed by atoms with Crippen molar-refractivity contribution in [2.24, 2.45) is 10.7 Å². The van der Waals surface area contributed by atoms with Gasteiger partial charge < -0.3 is 15.4 Å². The highest BCUT2D eigenvalue weighted by Gasteiger charge is 2.23. The van der Waals surface area contributed by atoms with Crippen molar-refractivity contribution in [1.29, 1.82) is 0 Å². The second kappa shape index (κ2) is 4.28. The monoisotopic (exact) mass is 231 g/mol. The molecule has 2 heterocycles. The van der Waals surface area contributed by atoms with Crippen LogP contribution < -0.4 is 10.6 Å². The van der Waals surface area contributed by atoms with Crippen LogP contribution in [0.4, 0.5) is 5.69 Å². The number of hydrogen-bond donors (Lipinski definition) is 1. The number of ether oxygens (including phenoxy) is 1. The minimum Gasteiger partial charge on any atom is -0.463 e. The lowest BCUT2D eigenvalue weighted by molar-refractivity contribution is 0.312. The van der Waals surface area contributed by atoms with Gasteiger partial charge in [0.25, 0.3) is 6.02 Å². The Labute approximate surface area is 101 Å². The zero-order valence-electron chi connectivity index (χ0n) is 9.80. The molecule has 0 radical (unpaired) electrons. The van der Waals surface area contributed by atoms with Crippen molar-refractivity contribution >= 4 is 11.7 Å². The molecule has 1 aromatic carbocycles. The van der Waals surface area contributed by atoms with Gasteiger partial charge in [0, 0.05) is 18.8 Å². The number of amidine groups is 1. The van der Waals surface area contributed by atoms with Gasteiger partial charge in [-0.2, -0.15) is 0 Å². The third-order valence-corrected chi connectivity index (χ3v) is 3.37. The van der Waals surface area contributed by atoms with Gasteiger partial charge in [-0.1, -0.05) is 18.2 Å². The number of benzene rings is 1. The van der Waals surface area contributed by atoms with Crippen LogP contribution in [0.3, 0.4) is 0 Å². The lowest BCUT2D eigenvalue weighted by Gasteiger charge is -2.32. The highest BCUT2D eigenvalue weighted by Crippen LogP contribution is 2.27. The Kier molecular flexibility index (Phi) is 2.63. The van der Waals surface area contributed by atoms with E-state index in [9.17, 15) is 0 Å². The quantitative estimate of drug-likeness (QED) is 0.830. The Balaban J connectivity index is 1.77. The van der Waals surface area contributed by atoms with Gasteiger partial charge >= 0.3 is 0 Å². The SMILES string of the molecule is NC1=NC(CN2CCCc3ccccc32)CO1. The molecule has 2 N–H and O–H groups in total. The number of anilines is 1. The number of rotatable bonds is 2. The van der Waals surface area contributed by atoms with Crippen LogP contribution in [0.5, 0.6) is 0 Å². The zero-order chi connectivity index (χ0) is 11.7. The maximum atomic E-state index is 5.53. The average Bonchev–Trinajstić information content (AvgIpc) is 2.75. The van der Waals surface area contributed by atoms with Crippen molar-refractivity contribution in [2.75, 3.05) is 24.6 Å². The minimum absolute atomic E-state index is 0.182. The van der Waals surface area contributed by atoms with Crippen molar-refractivity contribution in [3.63, 3.8) is 0 Å². The number of para-hydroxylation sites is 1. The van der Waals surface area contributed by atoms with Gasteiger partial charge in [0.1, 0.15) is 12.6 Å². The largest absolute Gasteiger partial charge is 0.463 e. The van der Waals surface area contributed by atoms with E-state index in [0.717, 1.165) is 13.1 Å². The Morgan fingerprint density at radius 2 is 2.29 bits per heavy atom. The van der Waals surface area contributed by atoms with E-state index in [-0.39, 0.29) is 6.04 Å². The van der Waals surface area contributed by atoms with Crippen molar-refractivity contribution in [3.8, 4) is 0 Å². The molecule has 0 fully saturated rings. The summed E-state index contributed by atoms with van der Waals surface area (Å²) in [6.45, 7) is 2.62. The van der Waals surface area contributed by atoms with Crippen LogP contribution in [0.2, 0.25) is 0 Å². The molecule has 0 bridgehead atoms. The van der Waals surface area contributed by atoms with Gasteiger partial charge in [0.15, 0.2) is 0 Å². The second-order valence-electron chi connectivity index (χ2n) is 4.61. The predicted molar refractivity (Wildman–Crippen MR) is 68.3 cm³/mol. The van der Waals surface area contributed by atoms with Gasteiger partial charge in [-0.3, -0.25) is 0 Å². The van der Waals surface area contributed by atoms with E-state index in [0.29, 0.717) is 12.6 Å². The molecule has 0 spiro atoms. The number of nitrogens with zero attached hydrogens (tertiary/aromatic N) is 2. The molecule has 2 aliphatic rings. The molecule has 0 saturated heterocycles. The third-order valence-electron chi connectivity index (χ3n) is 3.37. The highest BCUT2D eigenvalue weighted by molar-refractivity contribution is 5.73. The summed E-state index contributed by atoms with van der Waals surface area (Å²) in [4.78, 5) is 6.68. The van der Waals surface area contributed by atoms with Gasteiger partial charge in [0.05, 0.1) is 0 Å². The van der Waals surface area contributed by atoms with Crippen LogP contribution >= 0.6 is 0 Å². The molecule has 1 aromatic rings. The van der Waals surface area contributed by atoms with Crippen LogP contribution in [0, 0.1) is 0 Å². The van der Waals surface area contributed by atoms with Crippen LogP contribution in [0.15, 0.2) is 29.3 Å². The molecular formula is C13H17N3O. The normalized spacial score (nSPS) is 22.9. The molecule has 0 aliphatic carbocycles. The lowest BCUT2D eigenvalue weighted by atomic mass is 10.0. The first-order valence-corrected chi connectivity index (χ1v) is 6.12. The molecule has 1 unspecified atom stereocenters. The van der Waals surface area contributed by atoms with Crippen molar-refractivity contribution in [3.05, 3.63) is 29.8 Å².